The first-order valence-corrected chi connectivity index (χ1v) is 3.33. The Morgan fingerprint density at radius 1 is 1.75 bits per heavy atom. The van der Waals surface area contributed by atoms with Crippen LogP contribution in [0, 0.1) is 0 Å². The van der Waals surface area contributed by atoms with Crippen molar-refractivity contribution in [1.29, 1.82) is 0 Å². The van der Waals surface area contributed by atoms with Crippen molar-refractivity contribution in [2.24, 2.45) is 7.05 Å². The largest absolute Gasteiger partial charge is 0.299 e. The van der Waals surface area contributed by atoms with Gasteiger partial charge < -0.3 is 0 Å². The molecule has 0 aliphatic rings. The van der Waals surface area contributed by atoms with Crippen LogP contribution < -0.4 is 0 Å². The highest BCUT2D eigenvalue weighted by atomic mass is 16.7. The van der Waals surface area contributed by atoms with Crippen molar-refractivity contribution in [3.8, 4) is 0 Å². The van der Waals surface area contributed by atoms with Crippen LogP contribution in [-0.4, -0.2) is 40.1 Å². The van der Waals surface area contributed by atoms with Crippen molar-refractivity contribution in [1.82, 2.24) is 20.1 Å². The third-order valence-corrected chi connectivity index (χ3v) is 1.38. The zero-order valence-electron chi connectivity index (χ0n) is 7.18. The van der Waals surface area contributed by atoms with Gasteiger partial charge in [0.1, 0.15) is 0 Å². The van der Waals surface area contributed by atoms with Crippen molar-refractivity contribution in [2.45, 2.75) is 0 Å². The van der Waals surface area contributed by atoms with E-state index in [9.17, 15) is 4.79 Å². The summed E-state index contributed by atoms with van der Waals surface area (Å²) in [6.45, 7) is 0. The van der Waals surface area contributed by atoms with Crippen LogP contribution in [0.2, 0.25) is 0 Å². The van der Waals surface area contributed by atoms with Crippen LogP contribution >= 0.6 is 0 Å². The highest BCUT2D eigenvalue weighted by Crippen LogP contribution is 1.96. The minimum atomic E-state index is -0.314. The average Bonchev–Trinajstić information content (AvgIpc) is 2.49. The van der Waals surface area contributed by atoms with Gasteiger partial charge in [0.15, 0.2) is 5.69 Å². The smallest absolute Gasteiger partial charge is 0.274 e. The highest BCUT2D eigenvalue weighted by Gasteiger charge is 2.14. The van der Waals surface area contributed by atoms with Crippen LogP contribution in [0.5, 0.6) is 0 Å². The molecule has 0 unspecified atom stereocenters. The average molecular weight is 170 g/mol. The van der Waals surface area contributed by atoms with Crippen LogP contribution in [0.1, 0.15) is 10.5 Å². The number of carbonyl (C=O) groups excluding carboxylic acids is 1. The molecule has 0 aliphatic carbocycles. The van der Waals surface area contributed by atoms with Gasteiger partial charge in [0, 0.05) is 14.1 Å². The molecular weight excluding hydrogens is 160 g/mol. The molecule has 0 atom stereocenters. The van der Waals surface area contributed by atoms with Crippen LogP contribution in [0.3, 0.4) is 0 Å². The molecule has 1 aromatic rings. The summed E-state index contributed by atoms with van der Waals surface area (Å²) in [5.74, 6) is -0.314. The summed E-state index contributed by atoms with van der Waals surface area (Å²) in [6.07, 6.45) is 1.39. The van der Waals surface area contributed by atoms with Gasteiger partial charge in [-0.1, -0.05) is 0 Å². The number of amides is 1. The molecule has 0 radical (unpaired) electrons. The van der Waals surface area contributed by atoms with E-state index < -0.39 is 0 Å². The lowest BCUT2D eigenvalue weighted by Crippen LogP contribution is -2.25. The summed E-state index contributed by atoms with van der Waals surface area (Å²) >= 11 is 0. The number of hydroxylamine groups is 2. The van der Waals surface area contributed by atoms with Gasteiger partial charge in [-0.15, -0.1) is 5.10 Å². The number of rotatable bonds is 2. The summed E-state index contributed by atoms with van der Waals surface area (Å²) in [5, 5.41) is 8.66. The van der Waals surface area contributed by atoms with E-state index in [0.717, 1.165) is 5.06 Å². The Hall–Kier alpha value is -1.43. The Balaban J connectivity index is 2.78. The van der Waals surface area contributed by atoms with Gasteiger partial charge in [-0.2, -0.15) is 9.90 Å². The molecule has 1 rings (SSSR count). The minimum absolute atomic E-state index is 0.266. The predicted molar refractivity (Wildman–Crippen MR) is 40.1 cm³/mol. The number of nitrogens with zero attached hydrogens (tertiary/aromatic N) is 4. The SMILES string of the molecule is CON(C)C(=O)c1cnn(C)n1. The number of hydrogen-bond donors (Lipinski definition) is 0. The summed E-state index contributed by atoms with van der Waals surface area (Å²) in [6, 6.07) is 0. The van der Waals surface area contributed by atoms with Crippen molar-refractivity contribution in [3.05, 3.63) is 11.9 Å². The first-order valence-electron chi connectivity index (χ1n) is 3.33. The molecular formula is C6H10N4O2. The molecule has 12 heavy (non-hydrogen) atoms. The molecule has 0 fully saturated rings. The fourth-order valence-electron chi connectivity index (χ4n) is 0.688. The lowest BCUT2D eigenvalue weighted by Gasteiger charge is -2.10. The van der Waals surface area contributed by atoms with Crippen LogP contribution in [0.15, 0.2) is 6.20 Å². The van der Waals surface area contributed by atoms with Crippen molar-refractivity contribution < 1.29 is 9.63 Å². The van der Waals surface area contributed by atoms with E-state index in [-0.39, 0.29) is 11.6 Å². The number of hydrogen-bond acceptors (Lipinski definition) is 4. The van der Waals surface area contributed by atoms with Crippen LogP contribution in [0.4, 0.5) is 0 Å². The Labute approximate surface area is 69.7 Å². The van der Waals surface area contributed by atoms with E-state index in [2.05, 4.69) is 15.0 Å². The standard InChI is InChI=1S/C6H10N4O2/c1-9(12-3)6(11)5-4-7-10(2)8-5/h4H,1-3H3. The monoisotopic (exact) mass is 170 g/mol. The summed E-state index contributed by atoms with van der Waals surface area (Å²) < 4.78 is 0. The van der Waals surface area contributed by atoms with Crippen LogP contribution in [0.25, 0.3) is 0 Å². The van der Waals surface area contributed by atoms with E-state index >= 15 is 0 Å². The molecule has 0 saturated carbocycles. The van der Waals surface area contributed by atoms with E-state index in [4.69, 9.17) is 0 Å². The van der Waals surface area contributed by atoms with Gasteiger partial charge in [0.05, 0.1) is 13.3 Å². The van der Waals surface area contributed by atoms with Gasteiger partial charge in [-0.05, 0) is 0 Å². The van der Waals surface area contributed by atoms with Gasteiger partial charge in [0.25, 0.3) is 5.91 Å². The molecule has 1 amide bonds. The Morgan fingerprint density at radius 2 is 2.42 bits per heavy atom. The second-order valence-electron chi connectivity index (χ2n) is 2.20. The zero-order chi connectivity index (χ0) is 9.14. The lowest BCUT2D eigenvalue weighted by molar-refractivity contribution is -0.0760. The maximum atomic E-state index is 11.3. The minimum Gasteiger partial charge on any atom is -0.274 e. The normalized spacial score (nSPS) is 9.92. The van der Waals surface area contributed by atoms with Crippen molar-refractivity contribution in [3.63, 3.8) is 0 Å². The van der Waals surface area contributed by atoms with E-state index in [1.54, 1.807) is 7.05 Å². The zero-order valence-corrected chi connectivity index (χ0v) is 7.18. The topological polar surface area (TPSA) is 60.2 Å². The molecule has 6 nitrogen and oxygen atoms in total. The molecule has 0 aliphatic heterocycles. The Morgan fingerprint density at radius 3 is 2.83 bits per heavy atom. The predicted octanol–water partition coefficient (Wildman–Crippen LogP) is -0.552. The first-order chi connectivity index (χ1) is 5.65. The van der Waals surface area contributed by atoms with Crippen molar-refractivity contribution in [2.75, 3.05) is 14.2 Å². The van der Waals surface area contributed by atoms with Gasteiger partial charge in [-0.3, -0.25) is 9.63 Å². The molecule has 0 spiro atoms. The Bertz CT molecular complexity index is 283. The molecule has 0 bridgehead atoms. The maximum absolute atomic E-state index is 11.3. The molecule has 6 heteroatoms. The fraction of sp³-hybridized carbons (Fsp3) is 0.500. The Kier molecular flexibility index (Phi) is 2.39. The second-order valence-corrected chi connectivity index (χ2v) is 2.20. The second kappa shape index (κ2) is 3.31. The molecule has 0 N–H and O–H groups in total. The van der Waals surface area contributed by atoms with Gasteiger partial charge in [0.2, 0.25) is 0 Å². The lowest BCUT2D eigenvalue weighted by atomic mass is 10.4. The summed E-state index contributed by atoms with van der Waals surface area (Å²) in [4.78, 5) is 17.3. The fourth-order valence-corrected chi connectivity index (χ4v) is 0.688. The molecule has 66 valence electrons. The molecule has 0 aromatic carbocycles. The van der Waals surface area contributed by atoms with Gasteiger partial charge in [-0.25, -0.2) is 5.06 Å². The maximum Gasteiger partial charge on any atom is 0.299 e. The quantitative estimate of drug-likeness (QED) is 0.559. The van der Waals surface area contributed by atoms with E-state index in [1.165, 1.54) is 25.2 Å². The summed E-state index contributed by atoms with van der Waals surface area (Å²) in [7, 11) is 4.56. The van der Waals surface area contributed by atoms with Gasteiger partial charge >= 0.3 is 0 Å². The number of aryl methyl sites for hydroxylation is 1. The number of aromatic nitrogens is 3. The van der Waals surface area contributed by atoms with E-state index in [0.29, 0.717) is 0 Å². The van der Waals surface area contributed by atoms with Crippen molar-refractivity contribution >= 4 is 5.91 Å². The summed E-state index contributed by atoms with van der Waals surface area (Å²) in [5.41, 5.74) is 0.266. The third-order valence-electron chi connectivity index (χ3n) is 1.38. The highest BCUT2D eigenvalue weighted by molar-refractivity contribution is 5.90. The van der Waals surface area contributed by atoms with E-state index in [1.807, 2.05) is 0 Å². The number of carbonyl (C=O) groups is 1. The molecule has 1 heterocycles. The third kappa shape index (κ3) is 1.59. The molecule has 1 aromatic heterocycles. The first kappa shape index (κ1) is 8.66. The van der Waals surface area contributed by atoms with Crippen LogP contribution in [-0.2, 0) is 11.9 Å². The molecule has 0 saturated heterocycles.